The number of ether oxygens (including phenoxy) is 1. The molecule has 0 saturated heterocycles. The van der Waals surface area contributed by atoms with E-state index < -0.39 is 15.4 Å². The molecular formula is C11H25NO4S. The quantitative estimate of drug-likeness (QED) is 0.553. The second kappa shape index (κ2) is 8.02. The van der Waals surface area contributed by atoms with Gasteiger partial charge in [0.1, 0.15) is 9.84 Å². The van der Waals surface area contributed by atoms with Gasteiger partial charge in [0.2, 0.25) is 0 Å². The Morgan fingerprint density at radius 1 is 1.29 bits per heavy atom. The largest absolute Gasteiger partial charge is 0.390 e. The lowest BCUT2D eigenvalue weighted by Crippen LogP contribution is -2.31. The molecule has 5 nitrogen and oxygen atoms in total. The lowest BCUT2D eigenvalue weighted by Gasteiger charge is -2.23. The van der Waals surface area contributed by atoms with E-state index in [-0.39, 0.29) is 5.75 Å². The second-order valence-corrected chi connectivity index (χ2v) is 6.98. The number of aliphatic hydroxyl groups is 1. The fourth-order valence-electron chi connectivity index (χ4n) is 1.50. The van der Waals surface area contributed by atoms with Crippen molar-refractivity contribution in [3.63, 3.8) is 0 Å². The van der Waals surface area contributed by atoms with E-state index in [1.807, 2.05) is 0 Å². The molecule has 0 rings (SSSR count). The predicted octanol–water partition coefficient (Wildman–Crippen LogP) is 0.188. The Kier molecular flexibility index (Phi) is 7.94. The van der Waals surface area contributed by atoms with Crippen LogP contribution in [-0.4, -0.2) is 57.9 Å². The highest BCUT2D eigenvalue weighted by Crippen LogP contribution is 2.16. The SMILES string of the molecule is COCCNCCC(C)(O)CCCS(C)(=O)=O. The van der Waals surface area contributed by atoms with Gasteiger partial charge in [0.25, 0.3) is 0 Å². The van der Waals surface area contributed by atoms with Gasteiger partial charge in [-0.2, -0.15) is 0 Å². The zero-order valence-corrected chi connectivity index (χ0v) is 11.8. The zero-order valence-electron chi connectivity index (χ0n) is 11.0. The summed E-state index contributed by atoms with van der Waals surface area (Å²) in [6.07, 6.45) is 2.84. The average molecular weight is 267 g/mol. The maximum absolute atomic E-state index is 10.9. The number of hydrogen-bond acceptors (Lipinski definition) is 5. The summed E-state index contributed by atoms with van der Waals surface area (Å²) in [7, 11) is -1.28. The number of rotatable bonds is 10. The fourth-order valence-corrected chi connectivity index (χ4v) is 2.17. The summed E-state index contributed by atoms with van der Waals surface area (Å²) in [6, 6.07) is 0. The first-order valence-corrected chi connectivity index (χ1v) is 7.93. The van der Waals surface area contributed by atoms with Gasteiger partial charge in [-0.1, -0.05) is 0 Å². The van der Waals surface area contributed by atoms with E-state index in [9.17, 15) is 13.5 Å². The maximum Gasteiger partial charge on any atom is 0.147 e. The van der Waals surface area contributed by atoms with Gasteiger partial charge < -0.3 is 15.2 Å². The van der Waals surface area contributed by atoms with Gasteiger partial charge in [-0.15, -0.1) is 0 Å². The van der Waals surface area contributed by atoms with Crippen molar-refractivity contribution < 1.29 is 18.3 Å². The lowest BCUT2D eigenvalue weighted by atomic mass is 9.97. The number of methoxy groups -OCH3 is 1. The first-order valence-electron chi connectivity index (χ1n) is 5.87. The first kappa shape index (κ1) is 16.8. The van der Waals surface area contributed by atoms with E-state index in [1.165, 1.54) is 6.26 Å². The van der Waals surface area contributed by atoms with Crippen LogP contribution in [0.4, 0.5) is 0 Å². The molecule has 0 saturated carbocycles. The van der Waals surface area contributed by atoms with Crippen molar-refractivity contribution in [3.05, 3.63) is 0 Å². The topological polar surface area (TPSA) is 75.6 Å². The highest BCUT2D eigenvalue weighted by molar-refractivity contribution is 7.90. The summed E-state index contributed by atoms with van der Waals surface area (Å²) in [4.78, 5) is 0. The van der Waals surface area contributed by atoms with Gasteiger partial charge in [0.05, 0.1) is 12.2 Å². The zero-order chi connectivity index (χ0) is 13.4. The molecule has 0 bridgehead atoms. The molecule has 0 spiro atoms. The van der Waals surface area contributed by atoms with Crippen LogP contribution in [0, 0.1) is 0 Å². The van der Waals surface area contributed by atoms with Gasteiger partial charge in [0.15, 0.2) is 0 Å². The van der Waals surface area contributed by atoms with E-state index in [0.29, 0.717) is 32.4 Å². The van der Waals surface area contributed by atoms with E-state index in [0.717, 1.165) is 6.54 Å². The molecule has 1 atom stereocenters. The third kappa shape index (κ3) is 12.1. The Morgan fingerprint density at radius 2 is 1.94 bits per heavy atom. The van der Waals surface area contributed by atoms with Gasteiger partial charge in [-0.25, -0.2) is 8.42 Å². The smallest absolute Gasteiger partial charge is 0.147 e. The second-order valence-electron chi connectivity index (χ2n) is 4.72. The molecule has 0 aromatic heterocycles. The Morgan fingerprint density at radius 3 is 2.47 bits per heavy atom. The standard InChI is InChI=1S/C11H25NO4S/c1-11(13,5-4-10-17(3,14)15)6-7-12-8-9-16-2/h12-13H,4-10H2,1-3H3. The lowest BCUT2D eigenvalue weighted by molar-refractivity contribution is 0.0413. The van der Waals surface area contributed by atoms with Gasteiger partial charge >= 0.3 is 0 Å². The van der Waals surface area contributed by atoms with Crippen LogP contribution in [0.15, 0.2) is 0 Å². The molecule has 0 aromatic rings. The molecule has 0 aromatic carbocycles. The maximum atomic E-state index is 10.9. The third-order valence-corrected chi connectivity index (χ3v) is 3.58. The molecule has 0 fully saturated rings. The molecule has 0 amide bonds. The molecule has 0 aliphatic rings. The highest BCUT2D eigenvalue weighted by atomic mass is 32.2. The van der Waals surface area contributed by atoms with Crippen LogP contribution in [0.3, 0.4) is 0 Å². The van der Waals surface area contributed by atoms with Gasteiger partial charge in [-0.05, 0) is 32.7 Å². The van der Waals surface area contributed by atoms with Crippen LogP contribution >= 0.6 is 0 Å². The van der Waals surface area contributed by atoms with Gasteiger partial charge in [-0.3, -0.25) is 0 Å². The number of sulfone groups is 1. The summed E-state index contributed by atoms with van der Waals surface area (Å²) in [5, 5.41) is 13.1. The van der Waals surface area contributed by atoms with Gasteiger partial charge in [0, 0.05) is 25.7 Å². The minimum Gasteiger partial charge on any atom is -0.390 e. The highest BCUT2D eigenvalue weighted by Gasteiger charge is 2.19. The van der Waals surface area contributed by atoms with Crippen LogP contribution in [-0.2, 0) is 14.6 Å². The summed E-state index contributed by atoms with van der Waals surface area (Å²) in [5.74, 6) is 0.139. The Balaban J connectivity index is 3.65. The summed E-state index contributed by atoms with van der Waals surface area (Å²) in [6.45, 7) is 3.86. The fraction of sp³-hybridized carbons (Fsp3) is 1.00. The summed E-state index contributed by atoms with van der Waals surface area (Å²) < 4.78 is 26.8. The van der Waals surface area contributed by atoms with E-state index in [2.05, 4.69) is 5.32 Å². The van der Waals surface area contributed by atoms with Crippen molar-refractivity contribution in [2.24, 2.45) is 0 Å². The molecule has 6 heteroatoms. The molecule has 0 radical (unpaired) electrons. The third-order valence-electron chi connectivity index (χ3n) is 2.55. The van der Waals surface area contributed by atoms with E-state index in [1.54, 1.807) is 14.0 Å². The van der Waals surface area contributed by atoms with Crippen molar-refractivity contribution >= 4 is 9.84 Å². The van der Waals surface area contributed by atoms with Crippen molar-refractivity contribution in [2.45, 2.75) is 31.8 Å². The monoisotopic (exact) mass is 267 g/mol. The Hall–Kier alpha value is -0.170. The van der Waals surface area contributed by atoms with Crippen LogP contribution in [0.25, 0.3) is 0 Å². The molecule has 0 heterocycles. The molecule has 1 unspecified atom stereocenters. The van der Waals surface area contributed by atoms with E-state index in [4.69, 9.17) is 4.74 Å². The average Bonchev–Trinajstić information content (AvgIpc) is 2.14. The number of hydrogen-bond donors (Lipinski definition) is 2. The molecule has 0 aliphatic heterocycles. The van der Waals surface area contributed by atoms with Crippen molar-refractivity contribution in [1.82, 2.24) is 5.32 Å². The first-order chi connectivity index (χ1) is 7.77. The van der Waals surface area contributed by atoms with Crippen molar-refractivity contribution in [3.8, 4) is 0 Å². The Labute approximate surface area is 104 Å². The van der Waals surface area contributed by atoms with Crippen LogP contribution in [0.1, 0.15) is 26.2 Å². The van der Waals surface area contributed by atoms with E-state index >= 15 is 0 Å². The Bertz CT molecular complexity index is 288. The summed E-state index contributed by atoms with van der Waals surface area (Å²) in [5.41, 5.74) is -0.801. The van der Waals surface area contributed by atoms with Crippen LogP contribution in [0.5, 0.6) is 0 Å². The molecule has 17 heavy (non-hydrogen) atoms. The normalized spacial score (nSPS) is 15.8. The predicted molar refractivity (Wildman–Crippen MR) is 68.9 cm³/mol. The molecular weight excluding hydrogens is 242 g/mol. The molecule has 0 aliphatic carbocycles. The van der Waals surface area contributed by atoms with Crippen LogP contribution < -0.4 is 5.32 Å². The van der Waals surface area contributed by atoms with Crippen molar-refractivity contribution in [1.29, 1.82) is 0 Å². The minimum absolute atomic E-state index is 0.139. The summed E-state index contributed by atoms with van der Waals surface area (Å²) >= 11 is 0. The molecule has 2 N–H and O–H groups in total. The molecule has 104 valence electrons. The van der Waals surface area contributed by atoms with Crippen molar-refractivity contribution in [2.75, 3.05) is 38.8 Å². The number of nitrogens with one attached hydrogen (secondary N) is 1. The van der Waals surface area contributed by atoms with Crippen LogP contribution in [0.2, 0.25) is 0 Å². The minimum atomic E-state index is -2.92.